The van der Waals surface area contributed by atoms with E-state index in [9.17, 15) is 4.79 Å². The summed E-state index contributed by atoms with van der Waals surface area (Å²) in [5.74, 6) is -0.0719. The summed E-state index contributed by atoms with van der Waals surface area (Å²) in [6, 6.07) is 11.9. The molecule has 0 bridgehead atoms. The molecule has 2 heterocycles. The number of fused-ring (bicyclic) bond motifs is 1. The van der Waals surface area contributed by atoms with Crippen LogP contribution >= 0.6 is 11.3 Å². The average Bonchev–Trinajstić information content (AvgIpc) is 2.85. The van der Waals surface area contributed by atoms with Gasteiger partial charge in [0.25, 0.3) is 5.91 Å². The molecule has 0 aliphatic carbocycles. The van der Waals surface area contributed by atoms with Crippen LogP contribution < -0.4 is 11.5 Å². The predicted molar refractivity (Wildman–Crippen MR) is 78.0 cm³/mol. The fourth-order valence-electron chi connectivity index (χ4n) is 1.96. The maximum atomic E-state index is 11.4. The van der Waals surface area contributed by atoms with Gasteiger partial charge in [-0.1, -0.05) is 30.3 Å². The van der Waals surface area contributed by atoms with Crippen molar-refractivity contribution < 1.29 is 4.79 Å². The van der Waals surface area contributed by atoms with Gasteiger partial charge in [-0.3, -0.25) is 4.79 Å². The molecule has 1 aromatic carbocycles. The second kappa shape index (κ2) is 4.37. The molecule has 0 unspecified atom stereocenters. The molecule has 0 radical (unpaired) electrons. The van der Waals surface area contributed by atoms with Gasteiger partial charge in [0.1, 0.15) is 5.82 Å². The summed E-state index contributed by atoms with van der Waals surface area (Å²) in [6.45, 7) is 0. The number of nitrogen functional groups attached to an aromatic ring is 1. The van der Waals surface area contributed by atoms with Gasteiger partial charge in [0.15, 0.2) is 0 Å². The van der Waals surface area contributed by atoms with Crippen LogP contribution in [-0.2, 0) is 0 Å². The van der Waals surface area contributed by atoms with Crippen molar-refractivity contribution >= 4 is 33.1 Å². The van der Waals surface area contributed by atoms with Gasteiger partial charge in [-0.25, -0.2) is 4.98 Å². The Morgan fingerprint density at radius 2 is 1.95 bits per heavy atom. The number of carbonyl (C=O) groups excluding carboxylic acids is 1. The van der Waals surface area contributed by atoms with Crippen LogP contribution in [0, 0.1) is 0 Å². The molecule has 0 fully saturated rings. The van der Waals surface area contributed by atoms with Crippen molar-refractivity contribution in [2.75, 3.05) is 5.73 Å². The fraction of sp³-hybridized carbons (Fsp3) is 0. The van der Waals surface area contributed by atoms with Crippen LogP contribution in [0.1, 0.15) is 10.4 Å². The summed E-state index contributed by atoms with van der Waals surface area (Å²) < 4.78 is 0.791. The zero-order chi connectivity index (χ0) is 13.4. The van der Waals surface area contributed by atoms with Crippen LogP contribution in [0.2, 0.25) is 0 Å². The van der Waals surface area contributed by atoms with E-state index in [0.717, 1.165) is 20.5 Å². The minimum absolute atomic E-state index is 0.413. The largest absolute Gasteiger partial charge is 0.383 e. The molecule has 3 aromatic rings. The minimum atomic E-state index is -0.487. The normalized spacial score (nSPS) is 10.7. The van der Waals surface area contributed by atoms with Crippen LogP contribution in [0.15, 0.2) is 42.6 Å². The molecule has 0 saturated carbocycles. The summed E-state index contributed by atoms with van der Waals surface area (Å²) in [5.41, 5.74) is 12.7. The molecule has 0 aliphatic rings. The standard InChI is InChI=1S/C14H11N3OS/c15-13-9-6-11(8-4-2-1-3-5-8)19-12(9)10(7-17-13)14(16)18/h1-7H,(H2,15,17)(H2,16,18). The second-order valence-electron chi connectivity index (χ2n) is 4.14. The van der Waals surface area contributed by atoms with E-state index >= 15 is 0 Å². The molecule has 0 spiro atoms. The van der Waals surface area contributed by atoms with E-state index in [1.807, 2.05) is 36.4 Å². The third-order valence-electron chi connectivity index (χ3n) is 2.91. The first-order valence-corrected chi connectivity index (χ1v) is 6.51. The van der Waals surface area contributed by atoms with Gasteiger partial charge in [0.2, 0.25) is 0 Å². The van der Waals surface area contributed by atoms with Crippen molar-refractivity contribution in [2.45, 2.75) is 0 Å². The number of nitrogens with zero attached hydrogens (tertiary/aromatic N) is 1. The molecule has 1 amide bonds. The van der Waals surface area contributed by atoms with Crippen LogP contribution in [0.3, 0.4) is 0 Å². The highest BCUT2D eigenvalue weighted by Gasteiger charge is 2.14. The molecule has 19 heavy (non-hydrogen) atoms. The summed E-state index contributed by atoms with van der Waals surface area (Å²) in [6.07, 6.45) is 1.44. The number of nitrogens with two attached hydrogens (primary N) is 2. The summed E-state index contributed by atoms with van der Waals surface area (Å²) in [5, 5.41) is 0.778. The van der Waals surface area contributed by atoms with Gasteiger partial charge in [-0.2, -0.15) is 0 Å². The van der Waals surface area contributed by atoms with Crippen molar-refractivity contribution in [1.82, 2.24) is 4.98 Å². The Bertz CT molecular complexity index is 765. The van der Waals surface area contributed by atoms with Crippen molar-refractivity contribution in [3.05, 3.63) is 48.2 Å². The molecule has 0 atom stereocenters. The Morgan fingerprint density at radius 3 is 2.63 bits per heavy atom. The number of aromatic nitrogens is 1. The molecule has 5 heteroatoms. The number of thiophene rings is 1. The lowest BCUT2D eigenvalue weighted by Gasteiger charge is -1.99. The van der Waals surface area contributed by atoms with Gasteiger partial charge in [-0.05, 0) is 11.6 Å². The SMILES string of the molecule is NC(=O)c1cnc(N)c2cc(-c3ccccc3)sc12. The first kappa shape index (κ1) is 11.7. The molecule has 4 nitrogen and oxygen atoms in total. The number of carbonyl (C=O) groups is 1. The number of benzene rings is 1. The third-order valence-corrected chi connectivity index (χ3v) is 4.13. The summed E-state index contributed by atoms with van der Waals surface area (Å²) >= 11 is 1.50. The highest BCUT2D eigenvalue weighted by molar-refractivity contribution is 7.22. The number of hydrogen-bond acceptors (Lipinski definition) is 4. The maximum Gasteiger partial charge on any atom is 0.251 e. The highest BCUT2D eigenvalue weighted by Crippen LogP contribution is 2.37. The van der Waals surface area contributed by atoms with E-state index in [1.54, 1.807) is 0 Å². The Morgan fingerprint density at radius 1 is 1.21 bits per heavy atom. The third kappa shape index (κ3) is 1.94. The van der Waals surface area contributed by atoms with Gasteiger partial charge in [-0.15, -0.1) is 11.3 Å². The molecule has 0 aliphatic heterocycles. The highest BCUT2D eigenvalue weighted by atomic mass is 32.1. The van der Waals surface area contributed by atoms with E-state index in [1.165, 1.54) is 17.5 Å². The van der Waals surface area contributed by atoms with Crippen molar-refractivity contribution in [2.24, 2.45) is 5.73 Å². The average molecular weight is 269 g/mol. The van der Waals surface area contributed by atoms with Gasteiger partial charge in [0, 0.05) is 16.5 Å². The molecular weight excluding hydrogens is 258 g/mol. The molecule has 2 aromatic heterocycles. The Hall–Kier alpha value is -2.40. The van der Waals surface area contributed by atoms with E-state index in [2.05, 4.69) is 4.98 Å². The number of hydrogen-bond donors (Lipinski definition) is 2. The summed E-state index contributed by atoms with van der Waals surface area (Å²) in [4.78, 5) is 16.5. The monoisotopic (exact) mass is 269 g/mol. The molecule has 94 valence electrons. The van der Waals surface area contributed by atoms with E-state index in [0.29, 0.717) is 11.4 Å². The van der Waals surface area contributed by atoms with E-state index in [4.69, 9.17) is 11.5 Å². The Labute approximate surface area is 113 Å². The lowest BCUT2D eigenvalue weighted by Crippen LogP contribution is -2.11. The number of rotatable bonds is 2. The number of anilines is 1. The van der Waals surface area contributed by atoms with E-state index < -0.39 is 5.91 Å². The lowest BCUT2D eigenvalue weighted by atomic mass is 10.1. The Balaban J connectivity index is 2.29. The first-order chi connectivity index (χ1) is 9.16. The quantitative estimate of drug-likeness (QED) is 0.750. The first-order valence-electron chi connectivity index (χ1n) is 5.70. The molecule has 0 saturated heterocycles. The zero-order valence-corrected chi connectivity index (χ0v) is 10.8. The number of pyridine rings is 1. The smallest absolute Gasteiger partial charge is 0.251 e. The lowest BCUT2D eigenvalue weighted by molar-refractivity contribution is 0.100. The molecule has 4 N–H and O–H groups in total. The van der Waals surface area contributed by atoms with Gasteiger partial charge >= 0.3 is 0 Å². The van der Waals surface area contributed by atoms with Crippen molar-refractivity contribution in [3.63, 3.8) is 0 Å². The van der Waals surface area contributed by atoms with Crippen LogP contribution in [-0.4, -0.2) is 10.9 Å². The maximum absolute atomic E-state index is 11.4. The van der Waals surface area contributed by atoms with Gasteiger partial charge in [0.05, 0.1) is 10.3 Å². The topological polar surface area (TPSA) is 82.0 Å². The Kier molecular flexibility index (Phi) is 2.68. The van der Waals surface area contributed by atoms with Crippen molar-refractivity contribution in [1.29, 1.82) is 0 Å². The van der Waals surface area contributed by atoms with E-state index in [-0.39, 0.29) is 0 Å². The minimum Gasteiger partial charge on any atom is -0.383 e. The second-order valence-corrected chi connectivity index (χ2v) is 5.19. The van der Waals surface area contributed by atoms with Crippen LogP contribution in [0.5, 0.6) is 0 Å². The molecule has 3 rings (SSSR count). The predicted octanol–water partition coefficient (Wildman–Crippen LogP) is 2.64. The van der Waals surface area contributed by atoms with Gasteiger partial charge < -0.3 is 11.5 Å². The zero-order valence-electron chi connectivity index (χ0n) is 9.96. The van der Waals surface area contributed by atoms with Crippen LogP contribution in [0.4, 0.5) is 5.82 Å². The number of primary amides is 1. The fourth-order valence-corrected chi connectivity index (χ4v) is 3.15. The number of amides is 1. The van der Waals surface area contributed by atoms with Crippen molar-refractivity contribution in [3.8, 4) is 10.4 Å². The summed E-state index contributed by atoms with van der Waals surface area (Å²) in [7, 11) is 0. The van der Waals surface area contributed by atoms with Crippen LogP contribution in [0.25, 0.3) is 20.5 Å². The molecular formula is C14H11N3OS.